The Bertz CT molecular complexity index is 824. The van der Waals surface area contributed by atoms with Crippen LogP contribution < -0.4 is 15.8 Å². The molecule has 1 unspecified atom stereocenters. The van der Waals surface area contributed by atoms with E-state index in [0.717, 1.165) is 50.6 Å². The lowest BCUT2D eigenvalue weighted by Gasteiger charge is -2.27. The van der Waals surface area contributed by atoms with Gasteiger partial charge in [0, 0.05) is 31.6 Å². The summed E-state index contributed by atoms with van der Waals surface area (Å²) in [5.74, 6) is 1.40. The number of aliphatic imine (C=N–C) groups is 1. The summed E-state index contributed by atoms with van der Waals surface area (Å²) in [6.07, 6.45) is 0.877. The van der Waals surface area contributed by atoms with Crippen LogP contribution in [0.25, 0.3) is 0 Å². The van der Waals surface area contributed by atoms with Crippen molar-refractivity contribution in [3.8, 4) is 5.75 Å². The number of fused-ring (bicyclic) bond motifs is 1. The number of hydrogen-bond acceptors (Lipinski definition) is 4. The lowest BCUT2D eigenvalue weighted by molar-refractivity contribution is 0.0342. The Kier molecular flexibility index (Phi) is 8.14. The van der Waals surface area contributed by atoms with Crippen molar-refractivity contribution in [2.45, 2.75) is 25.6 Å². The zero-order valence-electron chi connectivity index (χ0n) is 16.5. The van der Waals surface area contributed by atoms with Crippen LogP contribution in [-0.4, -0.2) is 43.8 Å². The smallest absolute Gasteiger partial charge is 0.189 e. The van der Waals surface area contributed by atoms with Gasteiger partial charge in [0.15, 0.2) is 5.96 Å². The number of benzene rings is 2. The Morgan fingerprint density at radius 3 is 2.72 bits per heavy atom. The number of rotatable bonds is 5. The summed E-state index contributed by atoms with van der Waals surface area (Å²) in [5, 5.41) is 3.35. The number of hydrogen-bond donors (Lipinski definition) is 2. The highest BCUT2D eigenvalue weighted by Crippen LogP contribution is 2.31. The molecule has 0 aromatic heterocycles. The average Bonchev–Trinajstić information content (AvgIpc) is 2.74. The van der Waals surface area contributed by atoms with Crippen LogP contribution >= 0.6 is 24.0 Å². The number of nitrogens with one attached hydrogen (secondary N) is 1. The van der Waals surface area contributed by atoms with Crippen LogP contribution in [-0.2, 0) is 17.8 Å². The van der Waals surface area contributed by atoms with E-state index >= 15 is 0 Å². The van der Waals surface area contributed by atoms with Crippen LogP contribution in [0.3, 0.4) is 0 Å². The van der Waals surface area contributed by atoms with Gasteiger partial charge in [-0.05, 0) is 17.2 Å². The average molecular weight is 508 g/mol. The molecule has 0 spiro atoms. The molecule has 4 rings (SSSR count). The third-order valence-corrected chi connectivity index (χ3v) is 5.21. The molecule has 6 nitrogen and oxygen atoms in total. The first-order valence-electron chi connectivity index (χ1n) is 9.94. The monoisotopic (exact) mass is 508 g/mol. The molecule has 2 aliphatic rings. The number of para-hydroxylation sites is 1. The summed E-state index contributed by atoms with van der Waals surface area (Å²) in [6.45, 7) is 5.83. The van der Waals surface area contributed by atoms with Gasteiger partial charge >= 0.3 is 0 Å². The molecule has 3 N–H and O–H groups in total. The number of morpholine rings is 1. The highest BCUT2D eigenvalue weighted by atomic mass is 127. The van der Waals surface area contributed by atoms with Crippen LogP contribution in [0, 0.1) is 0 Å². The van der Waals surface area contributed by atoms with Crippen LogP contribution in [0.1, 0.15) is 29.2 Å². The highest BCUT2D eigenvalue weighted by molar-refractivity contribution is 14.0. The van der Waals surface area contributed by atoms with Gasteiger partial charge in [-0.15, -0.1) is 24.0 Å². The number of guanidine groups is 1. The van der Waals surface area contributed by atoms with Crippen molar-refractivity contribution >= 4 is 29.9 Å². The van der Waals surface area contributed by atoms with E-state index in [2.05, 4.69) is 45.5 Å². The van der Waals surface area contributed by atoms with Crippen molar-refractivity contribution in [1.82, 2.24) is 10.2 Å². The molecule has 0 saturated carbocycles. The topological polar surface area (TPSA) is 72.1 Å². The van der Waals surface area contributed by atoms with Crippen molar-refractivity contribution in [2.24, 2.45) is 10.7 Å². The van der Waals surface area contributed by atoms with E-state index in [1.165, 1.54) is 11.1 Å². The first kappa shape index (κ1) is 21.9. The second kappa shape index (κ2) is 10.8. The second-order valence-corrected chi connectivity index (χ2v) is 7.28. The molecule has 0 radical (unpaired) electrons. The fourth-order valence-corrected chi connectivity index (χ4v) is 3.74. The van der Waals surface area contributed by atoms with Crippen LogP contribution in [0.15, 0.2) is 53.5 Å². The van der Waals surface area contributed by atoms with Gasteiger partial charge in [-0.3, -0.25) is 4.90 Å². The van der Waals surface area contributed by atoms with Crippen molar-refractivity contribution in [1.29, 1.82) is 0 Å². The van der Waals surface area contributed by atoms with Crippen LogP contribution in [0.2, 0.25) is 0 Å². The van der Waals surface area contributed by atoms with Gasteiger partial charge < -0.3 is 20.5 Å². The zero-order chi connectivity index (χ0) is 19.2. The van der Waals surface area contributed by atoms with Crippen LogP contribution in [0.4, 0.5) is 0 Å². The molecule has 7 heteroatoms. The Morgan fingerprint density at radius 1 is 1.07 bits per heavy atom. The minimum atomic E-state index is 0. The van der Waals surface area contributed by atoms with E-state index in [1.54, 1.807) is 0 Å². The van der Waals surface area contributed by atoms with E-state index in [-0.39, 0.29) is 30.0 Å². The molecule has 2 aromatic carbocycles. The second-order valence-electron chi connectivity index (χ2n) is 7.28. The van der Waals surface area contributed by atoms with Gasteiger partial charge in [-0.1, -0.05) is 42.5 Å². The predicted octanol–water partition coefficient (Wildman–Crippen LogP) is 3.06. The Morgan fingerprint density at radius 2 is 1.86 bits per heavy atom. The first-order chi connectivity index (χ1) is 13.8. The fraction of sp³-hybridized carbons (Fsp3) is 0.409. The highest BCUT2D eigenvalue weighted by Gasteiger charge is 2.21. The number of ether oxygens (including phenoxy) is 2. The van der Waals surface area contributed by atoms with Crippen molar-refractivity contribution < 1.29 is 9.47 Å². The van der Waals surface area contributed by atoms with Gasteiger partial charge in [0.1, 0.15) is 5.75 Å². The normalized spacial score (nSPS) is 19.6. The van der Waals surface area contributed by atoms with Gasteiger partial charge in [0.05, 0.1) is 32.4 Å². The van der Waals surface area contributed by atoms with E-state index < -0.39 is 0 Å². The third kappa shape index (κ3) is 6.07. The molecular weight excluding hydrogens is 479 g/mol. The minimum Gasteiger partial charge on any atom is -0.493 e. The molecule has 2 aromatic rings. The molecule has 29 heavy (non-hydrogen) atoms. The maximum atomic E-state index is 6.17. The Labute approximate surface area is 189 Å². The molecule has 0 aliphatic carbocycles. The summed E-state index contributed by atoms with van der Waals surface area (Å²) in [6, 6.07) is 16.8. The predicted molar refractivity (Wildman–Crippen MR) is 126 cm³/mol. The van der Waals surface area contributed by atoms with E-state index in [1.807, 2.05) is 18.2 Å². The quantitative estimate of drug-likeness (QED) is 0.369. The molecular formula is C22H29IN4O2. The lowest BCUT2D eigenvalue weighted by atomic mass is 10.0. The number of nitrogens with two attached hydrogens (primary N) is 1. The van der Waals surface area contributed by atoms with Crippen molar-refractivity contribution in [2.75, 3.05) is 32.9 Å². The van der Waals surface area contributed by atoms with Crippen molar-refractivity contribution in [3.05, 3.63) is 65.2 Å². The Balaban J connectivity index is 0.00000240. The molecule has 0 bridgehead atoms. The Hall–Kier alpha value is -1.84. The maximum Gasteiger partial charge on any atom is 0.189 e. The number of halogens is 1. The summed E-state index contributed by atoms with van der Waals surface area (Å²) in [7, 11) is 0. The molecule has 1 saturated heterocycles. The lowest BCUT2D eigenvalue weighted by Crippen LogP contribution is -2.37. The molecule has 1 fully saturated rings. The largest absolute Gasteiger partial charge is 0.493 e. The molecule has 1 atom stereocenters. The van der Waals surface area contributed by atoms with Crippen molar-refractivity contribution in [3.63, 3.8) is 0 Å². The first-order valence-corrected chi connectivity index (χ1v) is 9.94. The number of nitrogens with zero attached hydrogens (tertiary/aromatic N) is 2. The van der Waals surface area contributed by atoms with E-state index in [0.29, 0.717) is 19.1 Å². The van der Waals surface area contributed by atoms with Crippen LogP contribution in [0.5, 0.6) is 5.75 Å². The van der Waals surface area contributed by atoms with E-state index in [4.69, 9.17) is 15.2 Å². The summed E-state index contributed by atoms with van der Waals surface area (Å²) in [5.41, 5.74) is 9.79. The van der Waals surface area contributed by atoms with Gasteiger partial charge in [0.2, 0.25) is 0 Å². The summed E-state index contributed by atoms with van der Waals surface area (Å²) < 4.78 is 11.1. The molecule has 2 aliphatic heterocycles. The SMILES string of the molecule is I.NC(=NCc1cccc(CN2CCOCC2)c1)NC1CCOc2ccccc21. The van der Waals surface area contributed by atoms with Gasteiger partial charge in [0.25, 0.3) is 0 Å². The molecule has 156 valence electrons. The summed E-state index contributed by atoms with van der Waals surface area (Å²) in [4.78, 5) is 6.98. The maximum absolute atomic E-state index is 6.17. The van der Waals surface area contributed by atoms with Gasteiger partial charge in [-0.2, -0.15) is 0 Å². The fourth-order valence-electron chi connectivity index (χ4n) is 3.74. The standard InChI is InChI=1S/C22H28N4O2.HI/c23-22(25-20-8-11-28-21-7-2-1-6-19(20)21)24-15-17-4-3-5-18(14-17)16-26-9-12-27-13-10-26;/h1-7,14,20H,8-13,15-16H2,(H3,23,24,25);1H. The minimum absolute atomic E-state index is 0. The summed E-state index contributed by atoms with van der Waals surface area (Å²) >= 11 is 0. The van der Waals surface area contributed by atoms with E-state index in [9.17, 15) is 0 Å². The third-order valence-electron chi connectivity index (χ3n) is 5.21. The molecule has 0 amide bonds. The zero-order valence-corrected chi connectivity index (χ0v) is 18.9. The molecule has 2 heterocycles. The van der Waals surface area contributed by atoms with Gasteiger partial charge in [-0.25, -0.2) is 4.99 Å².